The summed E-state index contributed by atoms with van der Waals surface area (Å²) in [5.74, 6) is 0.112. The van der Waals surface area contributed by atoms with Gasteiger partial charge in [-0.2, -0.15) is 0 Å². The van der Waals surface area contributed by atoms with Crippen LogP contribution in [0.3, 0.4) is 0 Å². The summed E-state index contributed by atoms with van der Waals surface area (Å²) in [5, 5.41) is 0. The number of esters is 1. The van der Waals surface area contributed by atoms with Gasteiger partial charge in [-0.3, -0.25) is 9.59 Å². The molecule has 0 unspecified atom stereocenters. The highest BCUT2D eigenvalue weighted by Crippen LogP contribution is 2.30. The van der Waals surface area contributed by atoms with Crippen LogP contribution in [0.25, 0.3) is 22.1 Å². The van der Waals surface area contributed by atoms with Gasteiger partial charge in [0.15, 0.2) is 4.96 Å². The Morgan fingerprint density at radius 1 is 1.26 bits per heavy atom. The van der Waals surface area contributed by atoms with Crippen molar-refractivity contribution in [3.05, 3.63) is 66.4 Å². The molecule has 4 rings (SSSR count). The van der Waals surface area contributed by atoms with Gasteiger partial charge in [-0.1, -0.05) is 23.5 Å². The van der Waals surface area contributed by atoms with E-state index in [2.05, 4.69) is 20.9 Å². The van der Waals surface area contributed by atoms with Crippen LogP contribution in [-0.4, -0.2) is 15.4 Å². The SMILES string of the molecule is CC(=O)Oc1ccc(/C=c2\sc3nc4c(Br)c(C)c(C)cc4n3c2=O)cc1. The monoisotopic (exact) mass is 442 g/mol. The number of carbonyl (C=O) groups is 1. The van der Waals surface area contributed by atoms with E-state index >= 15 is 0 Å². The number of thiazole rings is 1. The quantitative estimate of drug-likeness (QED) is 0.350. The number of nitrogens with zero attached hydrogens (tertiary/aromatic N) is 2. The molecule has 0 aliphatic heterocycles. The van der Waals surface area contributed by atoms with Crippen LogP contribution in [0.1, 0.15) is 23.6 Å². The summed E-state index contributed by atoms with van der Waals surface area (Å²) in [4.78, 5) is 29.3. The van der Waals surface area contributed by atoms with E-state index in [1.165, 1.54) is 18.3 Å². The third-order valence-electron chi connectivity index (χ3n) is 4.42. The zero-order valence-electron chi connectivity index (χ0n) is 14.9. The van der Waals surface area contributed by atoms with E-state index in [9.17, 15) is 9.59 Å². The highest BCUT2D eigenvalue weighted by atomic mass is 79.9. The van der Waals surface area contributed by atoms with Crippen molar-refractivity contribution < 1.29 is 9.53 Å². The largest absolute Gasteiger partial charge is 0.427 e. The van der Waals surface area contributed by atoms with Crippen LogP contribution in [0.5, 0.6) is 5.75 Å². The molecule has 0 N–H and O–H groups in total. The van der Waals surface area contributed by atoms with Gasteiger partial charge >= 0.3 is 5.97 Å². The highest BCUT2D eigenvalue weighted by Gasteiger charge is 2.15. The first-order valence-electron chi connectivity index (χ1n) is 8.26. The molecule has 0 atom stereocenters. The molecule has 136 valence electrons. The van der Waals surface area contributed by atoms with Crippen LogP contribution >= 0.6 is 27.3 Å². The third kappa shape index (κ3) is 3.07. The van der Waals surface area contributed by atoms with Gasteiger partial charge in [0.2, 0.25) is 0 Å². The van der Waals surface area contributed by atoms with Crippen LogP contribution in [0, 0.1) is 13.8 Å². The lowest BCUT2D eigenvalue weighted by Crippen LogP contribution is -2.22. The Kier molecular flexibility index (Phi) is 4.36. The van der Waals surface area contributed by atoms with Crippen LogP contribution in [0.15, 0.2) is 39.6 Å². The number of ether oxygens (including phenoxy) is 1. The van der Waals surface area contributed by atoms with Gasteiger partial charge in [-0.25, -0.2) is 9.38 Å². The molecule has 0 spiro atoms. The lowest BCUT2D eigenvalue weighted by Gasteiger charge is -2.03. The molecule has 0 aliphatic carbocycles. The summed E-state index contributed by atoms with van der Waals surface area (Å²) >= 11 is 4.96. The first-order chi connectivity index (χ1) is 12.8. The summed E-state index contributed by atoms with van der Waals surface area (Å²) < 4.78 is 8.23. The molecule has 0 radical (unpaired) electrons. The second kappa shape index (κ2) is 6.58. The zero-order chi connectivity index (χ0) is 19.3. The summed E-state index contributed by atoms with van der Waals surface area (Å²) in [7, 11) is 0. The van der Waals surface area contributed by atoms with E-state index in [1.54, 1.807) is 16.5 Å². The summed E-state index contributed by atoms with van der Waals surface area (Å²) in [5.41, 5.74) is 4.61. The molecule has 2 aromatic heterocycles. The average molecular weight is 443 g/mol. The van der Waals surface area contributed by atoms with Crippen LogP contribution in [0.2, 0.25) is 0 Å². The van der Waals surface area contributed by atoms with Gasteiger partial charge in [0.25, 0.3) is 5.56 Å². The van der Waals surface area contributed by atoms with Crippen molar-refractivity contribution in [1.29, 1.82) is 0 Å². The van der Waals surface area contributed by atoms with Gasteiger partial charge in [-0.05, 0) is 70.7 Å². The maximum absolute atomic E-state index is 12.9. The number of aryl methyl sites for hydroxylation is 1. The lowest BCUT2D eigenvalue weighted by molar-refractivity contribution is -0.131. The highest BCUT2D eigenvalue weighted by molar-refractivity contribution is 9.10. The Balaban J connectivity index is 1.86. The topological polar surface area (TPSA) is 60.7 Å². The Hall–Kier alpha value is -2.51. The number of hydrogen-bond donors (Lipinski definition) is 0. The summed E-state index contributed by atoms with van der Waals surface area (Å²) in [6.45, 7) is 5.41. The smallest absolute Gasteiger partial charge is 0.308 e. The van der Waals surface area contributed by atoms with Gasteiger partial charge in [0, 0.05) is 11.4 Å². The van der Waals surface area contributed by atoms with Crippen LogP contribution < -0.4 is 14.8 Å². The predicted molar refractivity (Wildman–Crippen MR) is 111 cm³/mol. The van der Waals surface area contributed by atoms with Gasteiger partial charge < -0.3 is 4.74 Å². The number of fused-ring (bicyclic) bond motifs is 3. The van der Waals surface area contributed by atoms with E-state index in [0.717, 1.165) is 32.2 Å². The van der Waals surface area contributed by atoms with E-state index < -0.39 is 0 Å². The van der Waals surface area contributed by atoms with Crippen molar-refractivity contribution in [2.24, 2.45) is 0 Å². The number of carbonyl (C=O) groups excluding carboxylic acids is 1. The molecule has 0 bridgehead atoms. The Labute approximate surface area is 167 Å². The fourth-order valence-electron chi connectivity index (χ4n) is 2.93. The van der Waals surface area contributed by atoms with Crippen molar-refractivity contribution in [3.63, 3.8) is 0 Å². The molecule has 4 aromatic rings. The Morgan fingerprint density at radius 3 is 2.63 bits per heavy atom. The van der Waals surface area contributed by atoms with Crippen LogP contribution in [-0.2, 0) is 4.79 Å². The number of imidazole rings is 1. The third-order valence-corrected chi connectivity index (χ3v) is 6.36. The minimum Gasteiger partial charge on any atom is -0.427 e. The Morgan fingerprint density at radius 2 is 1.96 bits per heavy atom. The van der Waals surface area contributed by atoms with E-state index in [4.69, 9.17) is 4.74 Å². The van der Waals surface area contributed by atoms with Gasteiger partial charge in [0.1, 0.15) is 11.3 Å². The molecule has 27 heavy (non-hydrogen) atoms. The first kappa shape index (κ1) is 17.9. The second-order valence-electron chi connectivity index (χ2n) is 6.31. The zero-order valence-corrected chi connectivity index (χ0v) is 17.3. The minimum atomic E-state index is -0.364. The molecular formula is C20H15BrN2O3S. The minimum absolute atomic E-state index is 0.0864. The number of halogens is 1. The molecule has 0 aliphatic rings. The maximum atomic E-state index is 12.9. The van der Waals surface area contributed by atoms with Crippen molar-refractivity contribution in [2.45, 2.75) is 20.8 Å². The first-order valence-corrected chi connectivity index (χ1v) is 9.87. The number of hydrogen-bond acceptors (Lipinski definition) is 5. The fraction of sp³-hybridized carbons (Fsp3) is 0.150. The number of aromatic nitrogens is 2. The van der Waals surface area contributed by atoms with Crippen molar-refractivity contribution >= 4 is 55.3 Å². The van der Waals surface area contributed by atoms with E-state index in [0.29, 0.717) is 15.2 Å². The fourth-order valence-corrected chi connectivity index (χ4v) is 4.51. The van der Waals surface area contributed by atoms with E-state index in [-0.39, 0.29) is 11.5 Å². The number of rotatable bonds is 2. The normalized spacial score (nSPS) is 12.2. The van der Waals surface area contributed by atoms with Crippen LogP contribution in [0.4, 0.5) is 0 Å². The van der Waals surface area contributed by atoms with Crippen molar-refractivity contribution in [3.8, 4) is 5.75 Å². The predicted octanol–water partition coefficient (Wildman–Crippen LogP) is 3.76. The molecule has 0 saturated heterocycles. The average Bonchev–Trinajstić information content (AvgIpc) is 3.12. The molecule has 0 amide bonds. The second-order valence-corrected chi connectivity index (χ2v) is 8.11. The lowest BCUT2D eigenvalue weighted by atomic mass is 10.1. The molecule has 5 nitrogen and oxygen atoms in total. The molecule has 2 aromatic carbocycles. The standard InChI is InChI=1S/C20H15BrN2O3S/c1-10-8-15-18(17(21)11(10)2)22-20-23(15)19(25)16(27-20)9-13-4-6-14(7-5-13)26-12(3)24/h4-9H,1-3H3/b16-9-. The Bertz CT molecular complexity index is 1320. The molecule has 0 fully saturated rings. The summed E-state index contributed by atoms with van der Waals surface area (Å²) in [6.07, 6.45) is 1.82. The molecule has 7 heteroatoms. The van der Waals surface area contributed by atoms with Gasteiger partial charge in [0.05, 0.1) is 10.0 Å². The maximum Gasteiger partial charge on any atom is 0.308 e. The molecule has 2 heterocycles. The summed E-state index contributed by atoms with van der Waals surface area (Å²) in [6, 6.07) is 9.02. The number of benzene rings is 2. The van der Waals surface area contributed by atoms with Crippen molar-refractivity contribution in [1.82, 2.24) is 9.38 Å². The van der Waals surface area contributed by atoms with Gasteiger partial charge in [-0.15, -0.1) is 0 Å². The van der Waals surface area contributed by atoms with Crippen molar-refractivity contribution in [2.75, 3.05) is 0 Å². The van der Waals surface area contributed by atoms with E-state index in [1.807, 2.05) is 38.1 Å². The molecular weight excluding hydrogens is 428 g/mol. The molecule has 0 saturated carbocycles.